The van der Waals surface area contributed by atoms with Crippen molar-refractivity contribution in [2.45, 2.75) is 20.0 Å². The second-order valence-electron chi connectivity index (χ2n) is 4.37. The van der Waals surface area contributed by atoms with Crippen LogP contribution in [0.2, 0.25) is 0 Å². The van der Waals surface area contributed by atoms with Crippen molar-refractivity contribution in [3.63, 3.8) is 0 Å². The summed E-state index contributed by atoms with van der Waals surface area (Å²) in [7, 11) is 1.58. The fourth-order valence-corrected chi connectivity index (χ4v) is 1.84. The molecule has 0 fully saturated rings. The van der Waals surface area contributed by atoms with E-state index in [1.165, 1.54) is 0 Å². The summed E-state index contributed by atoms with van der Waals surface area (Å²) in [4.78, 5) is 4.31. The molecule has 0 spiro atoms. The standard InChI is InChI=1S/C15H18N2O2/c1-11-4-3-7-17-14(11)10-16-9-12-5-6-13(19-2)8-15(12)18/h3-8,16,18H,9-10H2,1-2H3. The van der Waals surface area contributed by atoms with E-state index in [9.17, 15) is 5.11 Å². The van der Waals surface area contributed by atoms with Crippen molar-refractivity contribution in [3.05, 3.63) is 53.3 Å². The first-order chi connectivity index (χ1) is 9.20. The number of pyridine rings is 1. The normalized spacial score (nSPS) is 10.4. The predicted octanol–water partition coefficient (Wildman–Crippen LogP) is 2.39. The summed E-state index contributed by atoms with van der Waals surface area (Å²) in [5.41, 5.74) is 3.03. The molecule has 1 aromatic heterocycles. The lowest BCUT2D eigenvalue weighted by Gasteiger charge is -2.09. The summed E-state index contributed by atoms with van der Waals surface area (Å²) in [6.45, 7) is 3.30. The van der Waals surface area contributed by atoms with Gasteiger partial charge in [-0.05, 0) is 24.6 Å². The molecule has 4 heteroatoms. The van der Waals surface area contributed by atoms with Gasteiger partial charge in [-0.25, -0.2) is 0 Å². The molecule has 19 heavy (non-hydrogen) atoms. The number of phenolic OH excluding ortho intramolecular Hbond substituents is 1. The average Bonchev–Trinajstić information content (AvgIpc) is 2.42. The summed E-state index contributed by atoms with van der Waals surface area (Å²) < 4.78 is 5.05. The van der Waals surface area contributed by atoms with Crippen molar-refractivity contribution in [1.82, 2.24) is 10.3 Å². The van der Waals surface area contributed by atoms with Crippen LogP contribution in [0.1, 0.15) is 16.8 Å². The number of aromatic nitrogens is 1. The SMILES string of the molecule is COc1ccc(CNCc2ncccc2C)c(O)c1. The van der Waals surface area contributed by atoms with E-state index in [-0.39, 0.29) is 5.75 Å². The van der Waals surface area contributed by atoms with E-state index < -0.39 is 0 Å². The zero-order valence-electron chi connectivity index (χ0n) is 11.2. The van der Waals surface area contributed by atoms with E-state index in [1.54, 1.807) is 19.4 Å². The molecule has 0 saturated heterocycles. The Morgan fingerprint density at radius 2 is 2.11 bits per heavy atom. The largest absolute Gasteiger partial charge is 0.507 e. The number of nitrogens with zero attached hydrogens (tertiary/aromatic N) is 1. The first-order valence-electron chi connectivity index (χ1n) is 6.18. The Morgan fingerprint density at radius 1 is 1.26 bits per heavy atom. The number of nitrogens with one attached hydrogen (secondary N) is 1. The van der Waals surface area contributed by atoms with Crippen LogP contribution in [0.5, 0.6) is 11.5 Å². The van der Waals surface area contributed by atoms with Crippen LogP contribution in [0.25, 0.3) is 0 Å². The number of hydrogen-bond donors (Lipinski definition) is 2. The Morgan fingerprint density at radius 3 is 2.79 bits per heavy atom. The van der Waals surface area contributed by atoms with Crippen molar-refractivity contribution in [1.29, 1.82) is 0 Å². The number of methoxy groups -OCH3 is 1. The van der Waals surface area contributed by atoms with Crippen molar-refractivity contribution in [2.24, 2.45) is 0 Å². The maximum absolute atomic E-state index is 9.84. The molecule has 0 atom stereocenters. The van der Waals surface area contributed by atoms with Crippen molar-refractivity contribution >= 4 is 0 Å². The summed E-state index contributed by atoms with van der Waals surface area (Å²) in [5.74, 6) is 0.895. The fourth-order valence-electron chi connectivity index (χ4n) is 1.84. The van der Waals surface area contributed by atoms with Gasteiger partial charge in [0, 0.05) is 30.9 Å². The fraction of sp³-hybridized carbons (Fsp3) is 0.267. The maximum atomic E-state index is 9.84. The molecule has 0 aliphatic heterocycles. The van der Waals surface area contributed by atoms with Gasteiger partial charge in [-0.15, -0.1) is 0 Å². The molecule has 0 unspecified atom stereocenters. The molecule has 0 saturated carbocycles. The Bertz CT molecular complexity index is 556. The third-order valence-electron chi connectivity index (χ3n) is 3.02. The highest BCUT2D eigenvalue weighted by Gasteiger charge is 2.04. The van der Waals surface area contributed by atoms with Crippen molar-refractivity contribution in [3.8, 4) is 11.5 Å². The van der Waals surface area contributed by atoms with Crippen LogP contribution in [0.4, 0.5) is 0 Å². The molecule has 1 aromatic carbocycles. The Kier molecular flexibility index (Phi) is 4.36. The van der Waals surface area contributed by atoms with Crippen LogP contribution in [0, 0.1) is 6.92 Å². The van der Waals surface area contributed by atoms with Gasteiger partial charge in [0.25, 0.3) is 0 Å². The highest BCUT2D eigenvalue weighted by Crippen LogP contribution is 2.23. The van der Waals surface area contributed by atoms with Gasteiger partial charge in [0.2, 0.25) is 0 Å². The summed E-state index contributed by atoms with van der Waals surface area (Å²) in [6.07, 6.45) is 1.79. The topological polar surface area (TPSA) is 54.4 Å². The molecule has 2 rings (SSSR count). The smallest absolute Gasteiger partial charge is 0.123 e. The number of aromatic hydroxyl groups is 1. The molecule has 0 amide bonds. The third kappa shape index (κ3) is 3.45. The van der Waals surface area contributed by atoms with Crippen LogP contribution in [0.15, 0.2) is 36.5 Å². The molecule has 2 N–H and O–H groups in total. The van der Waals surface area contributed by atoms with Crippen molar-refractivity contribution < 1.29 is 9.84 Å². The Balaban J connectivity index is 1.94. The summed E-state index contributed by atoms with van der Waals surface area (Å²) in [6, 6.07) is 9.27. The van der Waals surface area contributed by atoms with Crippen LogP contribution < -0.4 is 10.1 Å². The van der Waals surface area contributed by atoms with Crippen molar-refractivity contribution in [2.75, 3.05) is 7.11 Å². The van der Waals surface area contributed by atoms with Gasteiger partial charge in [0.1, 0.15) is 11.5 Å². The quantitative estimate of drug-likeness (QED) is 0.864. The number of rotatable bonds is 5. The van der Waals surface area contributed by atoms with Gasteiger partial charge < -0.3 is 15.2 Å². The highest BCUT2D eigenvalue weighted by atomic mass is 16.5. The number of phenols is 1. The van der Waals surface area contributed by atoms with Crippen LogP contribution in [-0.4, -0.2) is 17.2 Å². The van der Waals surface area contributed by atoms with E-state index in [2.05, 4.69) is 10.3 Å². The second-order valence-corrected chi connectivity index (χ2v) is 4.37. The van der Waals surface area contributed by atoms with Gasteiger partial charge in [-0.1, -0.05) is 12.1 Å². The average molecular weight is 258 g/mol. The van der Waals surface area contributed by atoms with E-state index in [0.29, 0.717) is 18.8 Å². The van der Waals surface area contributed by atoms with E-state index in [1.807, 2.05) is 31.2 Å². The van der Waals surface area contributed by atoms with Gasteiger partial charge >= 0.3 is 0 Å². The van der Waals surface area contributed by atoms with Gasteiger partial charge in [-0.3, -0.25) is 4.98 Å². The Hall–Kier alpha value is -2.07. The summed E-state index contributed by atoms with van der Waals surface area (Å²) >= 11 is 0. The molecule has 0 aliphatic rings. The first-order valence-corrected chi connectivity index (χ1v) is 6.18. The number of aryl methyl sites for hydroxylation is 1. The monoisotopic (exact) mass is 258 g/mol. The van der Waals surface area contributed by atoms with E-state index in [4.69, 9.17) is 4.74 Å². The maximum Gasteiger partial charge on any atom is 0.123 e. The minimum atomic E-state index is 0.240. The first kappa shape index (κ1) is 13.4. The lowest BCUT2D eigenvalue weighted by molar-refractivity contribution is 0.406. The molecule has 0 bridgehead atoms. The van der Waals surface area contributed by atoms with Crippen LogP contribution in [0.3, 0.4) is 0 Å². The Labute approximate surface area is 113 Å². The lowest BCUT2D eigenvalue weighted by atomic mass is 10.2. The molecular weight excluding hydrogens is 240 g/mol. The van der Waals surface area contributed by atoms with E-state index >= 15 is 0 Å². The van der Waals surface area contributed by atoms with Crippen LogP contribution >= 0.6 is 0 Å². The minimum Gasteiger partial charge on any atom is -0.507 e. The summed E-state index contributed by atoms with van der Waals surface area (Å²) in [5, 5.41) is 13.1. The molecule has 1 heterocycles. The van der Waals surface area contributed by atoms with Gasteiger partial charge in [-0.2, -0.15) is 0 Å². The third-order valence-corrected chi connectivity index (χ3v) is 3.02. The van der Waals surface area contributed by atoms with E-state index in [0.717, 1.165) is 16.8 Å². The minimum absolute atomic E-state index is 0.240. The number of hydrogen-bond acceptors (Lipinski definition) is 4. The number of benzene rings is 1. The molecule has 0 radical (unpaired) electrons. The zero-order chi connectivity index (χ0) is 13.7. The lowest BCUT2D eigenvalue weighted by Crippen LogP contribution is -2.14. The van der Waals surface area contributed by atoms with Gasteiger partial charge in [0.15, 0.2) is 0 Å². The van der Waals surface area contributed by atoms with Gasteiger partial charge in [0.05, 0.1) is 12.8 Å². The molecule has 100 valence electrons. The highest BCUT2D eigenvalue weighted by molar-refractivity contribution is 5.39. The predicted molar refractivity (Wildman–Crippen MR) is 74.2 cm³/mol. The molecular formula is C15H18N2O2. The number of ether oxygens (including phenoxy) is 1. The second kappa shape index (κ2) is 6.20. The zero-order valence-corrected chi connectivity index (χ0v) is 11.2. The molecule has 2 aromatic rings. The molecule has 0 aliphatic carbocycles. The molecule has 4 nitrogen and oxygen atoms in total. The van der Waals surface area contributed by atoms with Crippen LogP contribution in [-0.2, 0) is 13.1 Å².